The Hall–Kier alpha value is -1.90. The average molecular weight is 256 g/mol. The molecule has 0 aliphatic rings. The first-order valence-corrected chi connectivity index (χ1v) is 6.80. The number of nitrogens with zero attached hydrogens (tertiary/aromatic N) is 2. The van der Waals surface area contributed by atoms with Crippen molar-refractivity contribution in [3.63, 3.8) is 0 Å². The Morgan fingerprint density at radius 1 is 1.26 bits per heavy atom. The second-order valence-electron chi connectivity index (χ2n) is 5.22. The SMILES string of the molecule is CC(C)CCCC(=O)c1cnn(-c2ccccc2)c1. The van der Waals surface area contributed by atoms with Crippen LogP contribution >= 0.6 is 0 Å². The number of benzene rings is 1. The number of ketones is 1. The van der Waals surface area contributed by atoms with Gasteiger partial charge in [0.25, 0.3) is 0 Å². The monoisotopic (exact) mass is 256 g/mol. The molecule has 0 unspecified atom stereocenters. The van der Waals surface area contributed by atoms with Crippen molar-refractivity contribution in [2.75, 3.05) is 0 Å². The molecule has 19 heavy (non-hydrogen) atoms. The van der Waals surface area contributed by atoms with Gasteiger partial charge in [-0.15, -0.1) is 0 Å². The number of hydrogen-bond acceptors (Lipinski definition) is 2. The summed E-state index contributed by atoms with van der Waals surface area (Å²) in [7, 11) is 0. The first-order chi connectivity index (χ1) is 9.16. The van der Waals surface area contributed by atoms with Crippen LogP contribution in [0.15, 0.2) is 42.7 Å². The van der Waals surface area contributed by atoms with Gasteiger partial charge >= 0.3 is 0 Å². The zero-order valence-electron chi connectivity index (χ0n) is 11.5. The summed E-state index contributed by atoms with van der Waals surface area (Å²) < 4.78 is 1.75. The second kappa shape index (κ2) is 6.32. The highest BCUT2D eigenvalue weighted by Crippen LogP contribution is 2.12. The summed E-state index contributed by atoms with van der Waals surface area (Å²) in [5.74, 6) is 0.836. The summed E-state index contributed by atoms with van der Waals surface area (Å²) in [6.07, 6.45) is 6.13. The molecule has 0 spiro atoms. The Morgan fingerprint density at radius 2 is 2.00 bits per heavy atom. The Labute approximate surface area is 114 Å². The molecule has 0 atom stereocenters. The third-order valence-corrected chi connectivity index (χ3v) is 3.11. The predicted molar refractivity (Wildman–Crippen MR) is 76.6 cm³/mol. The molecule has 100 valence electrons. The topological polar surface area (TPSA) is 34.9 Å². The van der Waals surface area contributed by atoms with Crippen LogP contribution in [-0.4, -0.2) is 15.6 Å². The fourth-order valence-corrected chi connectivity index (χ4v) is 2.00. The number of carbonyl (C=O) groups excluding carboxylic acids is 1. The van der Waals surface area contributed by atoms with Gasteiger partial charge in [-0.05, 0) is 24.5 Å². The number of para-hydroxylation sites is 1. The van der Waals surface area contributed by atoms with Crippen molar-refractivity contribution in [3.8, 4) is 5.69 Å². The quantitative estimate of drug-likeness (QED) is 0.735. The van der Waals surface area contributed by atoms with E-state index in [9.17, 15) is 4.79 Å². The minimum absolute atomic E-state index is 0.183. The van der Waals surface area contributed by atoms with Crippen molar-refractivity contribution in [1.29, 1.82) is 0 Å². The van der Waals surface area contributed by atoms with Gasteiger partial charge in [0.05, 0.1) is 17.4 Å². The number of rotatable bonds is 6. The maximum atomic E-state index is 12.0. The van der Waals surface area contributed by atoms with Gasteiger partial charge in [-0.2, -0.15) is 5.10 Å². The zero-order valence-corrected chi connectivity index (χ0v) is 11.5. The summed E-state index contributed by atoms with van der Waals surface area (Å²) >= 11 is 0. The maximum Gasteiger partial charge on any atom is 0.166 e. The van der Waals surface area contributed by atoms with Crippen molar-refractivity contribution in [1.82, 2.24) is 9.78 Å². The van der Waals surface area contributed by atoms with E-state index in [2.05, 4.69) is 18.9 Å². The highest BCUT2D eigenvalue weighted by atomic mass is 16.1. The highest BCUT2D eigenvalue weighted by molar-refractivity contribution is 5.95. The molecule has 2 aromatic rings. The smallest absolute Gasteiger partial charge is 0.166 e. The normalized spacial score (nSPS) is 10.9. The minimum Gasteiger partial charge on any atom is -0.294 e. The molecule has 0 fully saturated rings. The fourth-order valence-electron chi connectivity index (χ4n) is 2.00. The first kappa shape index (κ1) is 13.5. The van der Waals surface area contributed by atoms with Gasteiger partial charge < -0.3 is 0 Å². The molecule has 0 saturated heterocycles. The number of hydrogen-bond donors (Lipinski definition) is 0. The second-order valence-corrected chi connectivity index (χ2v) is 5.22. The number of carbonyl (C=O) groups is 1. The molecule has 3 heteroatoms. The minimum atomic E-state index is 0.183. The van der Waals surface area contributed by atoms with Crippen LogP contribution in [0.3, 0.4) is 0 Å². The first-order valence-electron chi connectivity index (χ1n) is 6.80. The number of aromatic nitrogens is 2. The van der Waals surface area contributed by atoms with Crippen LogP contribution in [0.25, 0.3) is 5.69 Å². The van der Waals surface area contributed by atoms with E-state index in [-0.39, 0.29) is 5.78 Å². The molecule has 1 aromatic heterocycles. The van der Waals surface area contributed by atoms with Crippen molar-refractivity contribution in [3.05, 3.63) is 48.3 Å². The van der Waals surface area contributed by atoms with E-state index in [1.54, 1.807) is 10.9 Å². The van der Waals surface area contributed by atoms with Gasteiger partial charge in [0, 0.05) is 12.6 Å². The van der Waals surface area contributed by atoms with Crippen molar-refractivity contribution in [2.24, 2.45) is 5.92 Å². The van der Waals surface area contributed by atoms with E-state index < -0.39 is 0 Å². The molecule has 0 aliphatic heterocycles. The molecule has 1 aromatic carbocycles. The van der Waals surface area contributed by atoms with E-state index in [1.807, 2.05) is 36.5 Å². The van der Waals surface area contributed by atoms with Crippen LogP contribution in [-0.2, 0) is 0 Å². The molecule has 0 N–H and O–H groups in total. The molecular weight excluding hydrogens is 236 g/mol. The standard InChI is InChI=1S/C16H20N2O/c1-13(2)7-6-10-16(19)14-11-17-18(12-14)15-8-4-3-5-9-15/h3-5,8-9,11-13H,6-7,10H2,1-2H3. The summed E-state index contributed by atoms with van der Waals surface area (Å²) in [4.78, 5) is 12.0. The van der Waals surface area contributed by atoms with Gasteiger partial charge in [0.1, 0.15) is 0 Å². The summed E-state index contributed by atoms with van der Waals surface area (Å²) in [6, 6.07) is 9.83. The molecule has 3 nitrogen and oxygen atoms in total. The largest absolute Gasteiger partial charge is 0.294 e. The van der Waals surface area contributed by atoms with E-state index in [1.165, 1.54) is 0 Å². The molecule has 0 radical (unpaired) electrons. The Bertz CT molecular complexity index is 529. The van der Waals surface area contributed by atoms with Crippen molar-refractivity contribution < 1.29 is 4.79 Å². The maximum absolute atomic E-state index is 12.0. The Morgan fingerprint density at radius 3 is 2.68 bits per heavy atom. The van der Waals surface area contributed by atoms with Gasteiger partial charge in [-0.25, -0.2) is 4.68 Å². The molecular formula is C16H20N2O. The average Bonchev–Trinajstić information content (AvgIpc) is 2.89. The molecule has 0 bridgehead atoms. The van der Waals surface area contributed by atoms with Gasteiger partial charge in [-0.3, -0.25) is 4.79 Å². The van der Waals surface area contributed by atoms with Crippen LogP contribution in [0, 0.1) is 5.92 Å². The summed E-state index contributed by atoms with van der Waals surface area (Å²) in [5, 5.41) is 4.25. The van der Waals surface area contributed by atoms with E-state index >= 15 is 0 Å². The molecule has 0 amide bonds. The van der Waals surface area contributed by atoms with E-state index in [4.69, 9.17) is 0 Å². The van der Waals surface area contributed by atoms with E-state index in [0.717, 1.165) is 18.5 Å². The molecule has 0 saturated carbocycles. The summed E-state index contributed by atoms with van der Waals surface area (Å²) in [5.41, 5.74) is 1.68. The van der Waals surface area contributed by atoms with Crippen molar-refractivity contribution in [2.45, 2.75) is 33.1 Å². The fraction of sp³-hybridized carbons (Fsp3) is 0.375. The lowest BCUT2D eigenvalue weighted by atomic mass is 10.0. The number of Topliss-reactive ketones (excluding diaryl/α,β-unsaturated/α-hetero) is 1. The molecule has 1 heterocycles. The molecule has 0 aliphatic carbocycles. The van der Waals surface area contributed by atoms with Gasteiger partial charge in [0.2, 0.25) is 0 Å². The Balaban J connectivity index is 1.99. The van der Waals surface area contributed by atoms with Crippen LogP contribution < -0.4 is 0 Å². The molecule has 2 rings (SSSR count). The summed E-state index contributed by atoms with van der Waals surface area (Å²) in [6.45, 7) is 4.36. The van der Waals surface area contributed by atoms with Crippen LogP contribution in [0.4, 0.5) is 0 Å². The third kappa shape index (κ3) is 3.78. The lowest BCUT2D eigenvalue weighted by Crippen LogP contribution is -1.99. The highest BCUT2D eigenvalue weighted by Gasteiger charge is 2.09. The zero-order chi connectivity index (χ0) is 13.7. The van der Waals surface area contributed by atoms with Crippen molar-refractivity contribution >= 4 is 5.78 Å². The third-order valence-electron chi connectivity index (χ3n) is 3.11. The van der Waals surface area contributed by atoms with Crippen LogP contribution in [0.1, 0.15) is 43.5 Å². The van der Waals surface area contributed by atoms with Crippen LogP contribution in [0.2, 0.25) is 0 Å². The lowest BCUT2D eigenvalue weighted by molar-refractivity contribution is 0.0978. The van der Waals surface area contributed by atoms with Crippen LogP contribution in [0.5, 0.6) is 0 Å². The lowest BCUT2D eigenvalue weighted by Gasteiger charge is -2.02. The van der Waals surface area contributed by atoms with Gasteiger partial charge in [-0.1, -0.05) is 38.5 Å². The van der Waals surface area contributed by atoms with E-state index in [0.29, 0.717) is 17.9 Å². The predicted octanol–water partition coefficient (Wildman–Crippen LogP) is 3.88. The Kier molecular flexibility index (Phi) is 4.50. The van der Waals surface area contributed by atoms with Gasteiger partial charge in [0.15, 0.2) is 5.78 Å².